The highest BCUT2D eigenvalue weighted by Gasteiger charge is 2.23. The molecule has 5 nitrogen and oxygen atoms in total. The third-order valence-electron chi connectivity index (χ3n) is 4.74. The second kappa shape index (κ2) is 6.81. The number of aryl methyl sites for hydroxylation is 2. The molecule has 4 rings (SSSR count). The van der Waals surface area contributed by atoms with Gasteiger partial charge >= 0.3 is 0 Å². The number of hydrogen-bond acceptors (Lipinski definition) is 4. The van der Waals surface area contributed by atoms with Crippen LogP contribution in [0.1, 0.15) is 11.1 Å². The summed E-state index contributed by atoms with van der Waals surface area (Å²) < 4.78 is 35.4. The summed E-state index contributed by atoms with van der Waals surface area (Å²) in [6.45, 7) is 3.99. The molecule has 144 valence electrons. The lowest BCUT2D eigenvalue weighted by molar-refractivity contribution is 0.174. The normalized spacial score (nSPS) is 13.0. The molecular weight excluding hydrogens is 398 g/mol. The summed E-state index contributed by atoms with van der Waals surface area (Å²) in [6.07, 6.45) is 0. The predicted molar refractivity (Wildman–Crippen MR) is 109 cm³/mol. The molecule has 1 heterocycles. The van der Waals surface area contributed by atoms with Crippen LogP contribution in [0.15, 0.2) is 53.4 Å². The summed E-state index contributed by atoms with van der Waals surface area (Å²) in [7, 11) is -3.91. The average Bonchev–Trinajstić information content (AvgIpc) is 3.11. The number of fused-ring (bicyclic) bond motifs is 1. The molecular formula is C21H18ClNO4S. The Labute approximate surface area is 168 Å². The van der Waals surface area contributed by atoms with Gasteiger partial charge in [0.1, 0.15) is 0 Å². The highest BCUT2D eigenvalue weighted by atomic mass is 35.5. The number of nitrogens with two attached hydrogens (primary N) is 1. The summed E-state index contributed by atoms with van der Waals surface area (Å²) in [5, 5.41) is 6.17. The molecule has 7 heteroatoms. The van der Waals surface area contributed by atoms with Crippen LogP contribution >= 0.6 is 11.6 Å². The number of rotatable bonds is 3. The van der Waals surface area contributed by atoms with Crippen molar-refractivity contribution in [3.63, 3.8) is 0 Å². The van der Waals surface area contributed by atoms with Crippen LogP contribution in [0.4, 0.5) is 0 Å². The lowest BCUT2D eigenvalue weighted by atomic mass is 9.92. The van der Waals surface area contributed by atoms with Crippen LogP contribution in [0.2, 0.25) is 5.02 Å². The van der Waals surface area contributed by atoms with Gasteiger partial charge in [0.2, 0.25) is 16.8 Å². The van der Waals surface area contributed by atoms with E-state index in [9.17, 15) is 8.42 Å². The first-order valence-corrected chi connectivity index (χ1v) is 10.5. The Kier molecular flexibility index (Phi) is 4.57. The minimum absolute atomic E-state index is 0.0533. The van der Waals surface area contributed by atoms with E-state index in [0.717, 1.165) is 22.3 Å². The van der Waals surface area contributed by atoms with Crippen molar-refractivity contribution in [3.05, 3.63) is 64.7 Å². The van der Waals surface area contributed by atoms with Crippen molar-refractivity contribution < 1.29 is 17.9 Å². The number of primary sulfonamides is 1. The van der Waals surface area contributed by atoms with Crippen molar-refractivity contribution >= 4 is 21.6 Å². The van der Waals surface area contributed by atoms with Crippen LogP contribution < -0.4 is 14.6 Å². The highest BCUT2D eigenvalue weighted by Crippen LogP contribution is 2.45. The van der Waals surface area contributed by atoms with Crippen LogP contribution in [-0.2, 0) is 10.0 Å². The largest absolute Gasteiger partial charge is 0.454 e. The third kappa shape index (κ3) is 3.24. The van der Waals surface area contributed by atoms with Gasteiger partial charge in [0, 0.05) is 10.6 Å². The molecule has 0 fully saturated rings. The summed E-state index contributed by atoms with van der Waals surface area (Å²) >= 11 is 6.33. The van der Waals surface area contributed by atoms with Gasteiger partial charge in [0.25, 0.3) is 0 Å². The molecule has 0 aromatic heterocycles. The van der Waals surface area contributed by atoms with Crippen molar-refractivity contribution in [1.29, 1.82) is 0 Å². The number of hydrogen-bond donors (Lipinski definition) is 1. The first-order chi connectivity index (χ1) is 13.3. The molecule has 1 aliphatic heterocycles. The molecule has 0 bridgehead atoms. The lowest BCUT2D eigenvalue weighted by Crippen LogP contribution is -2.13. The Bertz CT molecular complexity index is 1180. The van der Waals surface area contributed by atoms with Crippen LogP contribution in [-0.4, -0.2) is 15.2 Å². The van der Waals surface area contributed by atoms with Gasteiger partial charge in [0.05, 0.1) is 4.90 Å². The first kappa shape index (κ1) is 18.8. The zero-order chi connectivity index (χ0) is 20.1. The average molecular weight is 416 g/mol. The van der Waals surface area contributed by atoms with Crippen molar-refractivity contribution in [3.8, 4) is 33.8 Å². The fourth-order valence-corrected chi connectivity index (χ4v) is 4.30. The fourth-order valence-electron chi connectivity index (χ4n) is 3.44. The van der Waals surface area contributed by atoms with Crippen LogP contribution in [0.25, 0.3) is 22.3 Å². The predicted octanol–water partition coefficient (Wildman–Crippen LogP) is 4.67. The van der Waals surface area contributed by atoms with Crippen molar-refractivity contribution in [2.45, 2.75) is 18.7 Å². The maximum Gasteiger partial charge on any atom is 0.238 e. The second-order valence-electron chi connectivity index (χ2n) is 6.72. The maximum atomic E-state index is 12.2. The summed E-state index contributed by atoms with van der Waals surface area (Å²) in [5.41, 5.74) is 4.76. The molecule has 3 aromatic rings. The molecule has 0 amide bonds. The number of benzene rings is 3. The SMILES string of the molecule is Cc1cc(-c2cc3c(cc2-c2ccccc2S(N)(=O)=O)OCO3)cc(C)c1Cl. The van der Waals surface area contributed by atoms with E-state index >= 15 is 0 Å². The monoisotopic (exact) mass is 415 g/mol. The van der Waals surface area contributed by atoms with E-state index in [1.807, 2.05) is 32.0 Å². The molecule has 0 atom stereocenters. The maximum absolute atomic E-state index is 12.2. The van der Waals surface area contributed by atoms with E-state index in [-0.39, 0.29) is 11.7 Å². The van der Waals surface area contributed by atoms with Crippen molar-refractivity contribution in [1.82, 2.24) is 0 Å². The molecule has 0 aliphatic carbocycles. The standard InChI is InChI=1S/C21H18ClNO4S/c1-12-7-14(8-13(2)21(12)22)16-9-18-19(27-11-26-18)10-17(16)15-5-3-4-6-20(15)28(23,24)25/h3-10H,11H2,1-2H3,(H2,23,24,25). The van der Waals surface area contributed by atoms with Gasteiger partial charge in [-0.1, -0.05) is 29.8 Å². The van der Waals surface area contributed by atoms with Gasteiger partial charge in [-0.25, -0.2) is 13.6 Å². The Morgan fingerprint density at radius 2 is 1.46 bits per heavy atom. The quantitative estimate of drug-likeness (QED) is 0.674. The van der Waals surface area contributed by atoms with Gasteiger partial charge in [-0.2, -0.15) is 0 Å². The van der Waals surface area contributed by atoms with E-state index in [1.54, 1.807) is 24.3 Å². The van der Waals surface area contributed by atoms with E-state index < -0.39 is 10.0 Å². The van der Waals surface area contributed by atoms with Crippen LogP contribution in [0.5, 0.6) is 11.5 Å². The van der Waals surface area contributed by atoms with Crippen molar-refractivity contribution in [2.75, 3.05) is 6.79 Å². The van der Waals surface area contributed by atoms with Gasteiger partial charge in [0.15, 0.2) is 11.5 Å². The zero-order valence-corrected chi connectivity index (χ0v) is 16.9. The summed E-state index contributed by atoms with van der Waals surface area (Å²) in [6, 6.07) is 14.2. The number of sulfonamides is 1. The Balaban J connectivity index is 2.05. The molecule has 28 heavy (non-hydrogen) atoms. The summed E-state index contributed by atoms with van der Waals surface area (Å²) in [5.74, 6) is 1.17. The topological polar surface area (TPSA) is 78.6 Å². The van der Waals surface area contributed by atoms with E-state index in [2.05, 4.69) is 0 Å². The third-order valence-corrected chi connectivity index (χ3v) is 6.31. The lowest BCUT2D eigenvalue weighted by Gasteiger charge is -2.16. The van der Waals surface area contributed by atoms with Gasteiger partial charge < -0.3 is 9.47 Å². The molecule has 0 radical (unpaired) electrons. The molecule has 3 aromatic carbocycles. The summed E-state index contributed by atoms with van der Waals surface area (Å²) in [4.78, 5) is 0.0533. The van der Waals surface area contributed by atoms with Gasteiger partial charge in [-0.05, 0) is 72.0 Å². The van der Waals surface area contributed by atoms with E-state index in [4.69, 9.17) is 26.2 Å². The first-order valence-electron chi connectivity index (χ1n) is 8.58. The second-order valence-corrected chi connectivity index (χ2v) is 8.62. The molecule has 1 aliphatic rings. The smallest absolute Gasteiger partial charge is 0.238 e. The van der Waals surface area contributed by atoms with E-state index in [1.165, 1.54) is 6.07 Å². The molecule has 0 unspecified atom stereocenters. The Hall–Kier alpha value is -2.54. The number of ether oxygens (including phenoxy) is 2. The molecule has 2 N–H and O–H groups in total. The Morgan fingerprint density at radius 3 is 2.07 bits per heavy atom. The van der Waals surface area contributed by atoms with E-state index in [0.29, 0.717) is 27.6 Å². The number of halogens is 1. The minimum atomic E-state index is -3.91. The van der Waals surface area contributed by atoms with Gasteiger partial charge in [-0.3, -0.25) is 0 Å². The van der Waals surface area contributed by atoms with Crippen LogP contribution in [0, 0.1) is 13.8 Å². The Morgan fingerprint density at radius 1 is 0.893 bits per heavy atom. The van der Waals surface area contributed by atoms with Crippen molar-refractivity contribution in [2.24, 2.45) is 5.14 Å². The zero-order valence-electron chi connectivity index (χ0n) is 15.3. The van der Waals surface area contributed by atoms with Crippen LogP contribution in [0.3, 0.4) is 0 Å². The molecule has 0 spiro atoms. The molecule has 0 saturated heterocycles. The molecule has 0 saturated carbocycles. The van der Waals surface area contributed by atoms with Gasteiger partial charge in [-0.15, -0.1) is 0 Å². The fraction of sp³-hybridized carbons (Fsp3) is 0.143. The minimum Gasteiger partial charge on any atom is -0.454 e. The highest BCUT2D eigenvalue weighted by molar-refractivity contribution is 7.89.